The molecule has 8 nitrogen and oxygen atoms in total. The molecule has 0 atom stereocenters. The zero-order valence-electron chi connectivity index (χ0n) is 25.0. The third-order valence-corrected chi connectivity index (χ3v) is 4.80. The van der Waals surface area contributed by atoms with Crippen molar-refractivity contribution in [1.82, 2.24) is 19.9 Å². The summed E-state index contributed by atoms with van der Waals surface area (Å²) in [6.45, 7) is 13.5. The van der Waals surface area contributed by atoms with E-state index in [-0.39, 0.29) is 56.1 Å². The average Bonchev–Trinajstić information content (AvgIpc) is 3.38. The van der Waals surface area contributed by atoms with Gasteiger partial charge in [-0.1, -0.05) is 63.1 Å². The van der Waals surface area contributed by atoms with Crippen molar-refractivity contribution in [2.24, 2.45) is 0 Å². The van der Waals surface area contributed by atoms with Crippen LogP contribution >= 0.6 is 0 Å². The Morgan fingerprint density at radius 1 is 0.643 bits per heavy atom. The van der Waals surface area contributed by atoms with Crippen molar-refractivity contribution in [2.45, 2.75) is 55.4 Å². The Balaban J connectivity index is 0. The Morgan fingerprint density at radius 3 is 1.14 bits per heavy atom. The zero-order chi connectivity index (χ0) is 30.2. The zero-order valence-corrected chi connectivity index (χ0v) is 27.0. The van der Waals surface area contributed by atoms with E-state index in [1.165, 1.54) is 38.8 Å². The smallest absolute Gasteiger partial charge is 0.876 e. The second-order valence-corrected chi connectivity index (χ2v) is 9.02. The number of carbonyl (C=O) groups is 2. The SMILES string of the molecule is CC(=O)/C=C(/C)[O-].CC(=O)/C=C(/C)[O-].Cc1cc(C)c(-c2ccccn2)[n-]1.Cc1cc(C)c(-c2ccccn2)[n-]1.[Ni+2].[Ni+2]. The normalized spacial score (nSPS) is 10.2. The Labute approximate surface area is 268 Å². The van der Waals surface area contributed by atoms with Gasteiger partial charge in [0.05, 0.1) is 0 Å². The fraction of sp³-hybridized carbons (Fsp3) is 0.250. The van der Waals surface area contributed by atoms with Gasteiger partial charge in [-0.3, -0.25) is 19.6 Å². The van der Waals surface area contributed by atoms with Crippen LogP contribution in [-0.4, -0.2) is 21.5 Å². The first-order valence-electron chi connectivity index (χ1n) is 12.6. The van der Waals surface area contributed by atoms with Crippen LogP contribution in [0.25, 0.3) is 22.8 Å². The van der Waals surface area contributed by atoms with E-state index in [2.05, 4.69) is 45.9 Å². The van der Waals surface area contributed by atoms with E-state index in [4.69, 9.17) is 0 Å². The Kier molecular flexibility index (Phi) is 20.2. The van der Waals surface area contributed by atoms with Crippen molar-refractivity contribution in [3.8, 4) is 22.8 Å². The van der Waals surface area contributed by atoms with Gasteiger partial charge in [-0.15, -0.1) is 22.9 Å². The monoisotopic (exact) mass is 656 g/mol. The van der Waals surface area contributed by atoms with Gasteiger partial charge in [0.1, 0.15) is 0 Å². The van der Waals surface area contributed by atoms with Gasteiger partial charge >= 0.3 is 33.0 Å². The molecule has 4 aromatic heterocycles. The molecule has 0 aliphatic rings. The maximum absolute atomic E-state index is 9.98. The van der Waals surface area contributed by atoms with Gasteiger partial charge in [-0.05, 0) is 64.1 Å². The number of aromatic nitrogens is 4. The molecule has 4 aromatic rings. The first-order valence-corrected chi connectivity index (χ1v) is 12.6. The summed E-state index contributed by atoms with van der Waals surface area (Å²) < 4.78 is 0. The van der Waals surface area contributed by atoms with Crippen molar-refractivity contribution < 1.29 is 52.8 Å². The van der Waals surface area contributed by atoms with Gasteiger partial charge in [0.25, 0.3) is 0 Å². The van der Waals surface area contributed by atoms with E-state index < -0.39 is 0 Å². The van der Waals surface area contributed by atoms with E-state index in [1.54, 1.807) is 12.4 Å². The third kappa shape index (κ3) is 16.5. The maximum atomic E-state index is 9.98. The second kappa shape index (κ2) is 21.0. The number of ketones is 2. The van der Waals surface area contributed by atoms with E-state index in [0.29, 0.717) is 0 Å². The predicted molar refractivity (Wildman–Crippen MR) is 154 cm³/mol. The van der Waals surface area contributed by atoms with E-state index in [9.17, 15) is 19.8 Å². The molecule has 0 fully saturated rings. The third-order valence-electron chi connectivity index (χ3n) is 4.80. The quantitative estimate of drug-likeness (QED) is 0.180. The van der Waals surface area contributed by atoms with Crippen molar-refractivity contribution in [2.75, 3.05) is 0 Å². The molecule has 4 heterocycles. The minimum absolute atomic E-state index is 0. The van der Waals surface area contributed by atoms with Crippen LogP contribution in [0.15, 0.2) is 84.6 Å². The molecule has 0 radical (unpaired) electrons. The summed E-state index contributed by atoms with van der Waals surface area (Å²) >= 11 is 0. The topological polar surface area (TPSA) is 134 Å². The standard InChI is InChI=1S/2C11H11N2.2C5H8O2.2Ni/c2*1-8-7-9(2)13-11(8)10-5-3-4-6-12-10;2*1-4(6)3-5(2)7;;/h2*3-7H,1-2H3;2*3,6H,1-2H3;;/q2*-1;;;2*+2/p-2/b;;2*4-3-;;. The van der Waals surface area contributed by atoms with Crippen LogP contribution in [0.5, 0.6) is 0 Å². The Hall–Kier alpha value is -3.73. The molecular weight excluding hydrogens is 622 g/mol. The summed E-state index contributed by atoms with van der Waals surface area (Å²) in [6, 6.07) is 15.9. The number of allylic oxidation sites excluding steroid dienone is 4. The van der Waals surface area contributed by atoms with Crippen molar-refractivity contribution in [3.05, 3.63) is 107 Å². The summed E-state index contributed by atoms with van der Waals surface area (Å²) in [6.07, 6.45) is 5.69. The first kappa shape index (κ1) is 40.4. The van der Waals surface area contributed by atoms with Gasteiger partial charge in [0.2, 0.25) is 0 Å². The molecule has 10 heteroatoms. The summed E-state index contributed by atoms with van der Waals surface area (Å²) in [5, 5.41) is 20.0. The Morgan fingerprint density at radius 2 is 0.976 bits per heavy atom. The summed E-state index contributed by atoms with van der Waals surface area (Å²) in [7, 11) is 0. The molecule has 0 saturated heterocycles. The summed E-state index contributed by atoms with van der Waals surface area (Å²) in [4.78, 5) is 37.3. The predicted octanol–water partition coefficient (Wildman–Crippen LogP) is 4.32. The summed E-state index contributed by atoms with van der Waals surface area (Å²) in [5.74, 6) is -0.750. The number of aryl methyl sites for hydroxylation is 4. The molecule has 228 valence electrons. The fourth-order valence-electron chi connectivity index (χ4n) is 3.45. The molecule has 0 spiro atoms. The Bertz CT molecular complexity index is 1310. The molecule has 4 rings (SSSR count). The molecule has 0 saturated carbocycles. The van der Waals surface area contributed by atoms with Gasteiger partial charge < -0.3 is 20.2 Å². The van der Waals surface area contributed by atoms with Crippen LogP contribution in [0.1, 0.15) is 50.2 Å². The van der Waals surface area contributed by atoms with Gasteiger partial charge in [0.15, 0.2) is 11.6 Å². The van der Waals surface area contributed by atoms with E-state index in [0.717, 1.165) is 46.3 Å². The largest absolute Gasteiger partial charge is 2.00 e. The molecule has 0 N–H and O–H groups in total. The molecule has 42 heavy (non-hydrogen) atoms. The molecule has 0 aliphatic carbocycles. The second-order valence-electron chi connectivity index (χ2n) is 9.02. The summed E-state index contributed by atoms with van der Waals surface area (Å²) in [5.41, 5.74) is 8.39. The first-order chi connectivity index (χ1) is 18.8. The van der Waals surface area contributed by atoms with Crippen LogP contribution in [0.4, 0.5) is 0 Å². The van der Waals surface area contributed by atoms with Gasteiger partial charge in [0, 0.05) is 23.8 Å². The van der Waals surface area contributed by atoms with Crippen molar-refractivity contribution in [1.29, 1.82) is 0 Å². The number of carbonyl (C=O) groups excluding carboxylic acids is 2. The number of hydrogen-bond acceptors (Lipinski definition) is 6. The van der Waals surface area contributed by atoms with Gasteiger partial charge in [-0.2, -0.15) is 11.4 Å². The molecule has 0 bridgehead atoms. The van der Waals surface area contributed by atoms with Crippen molar-refractivity contribution >= 4 is 11.6 Å². The van der Waals surface area contributed by atoms with Gasteiger partial charge in [-0.25, -0.2) is 0 Å². The number of pyridine rings is 2. The fourth-order valence-corrected chi connectivity index (χ4v) is 3.45. The number of nitrogens with zero attached hydrogens (tertiary/aromatic N) is 4. The van der Waals surface area contributed by atoms with Crippen molar-refractivity contribution in [3.63, 3.8) is 0 Å². The minimum Gasteiger partial charge on any atom is -0.876 e. The van der Waals surface area contributed by atoms with Crippen LogP contribution in [0.2, 0.25) is 0 Å². The van der Waals surface area contributed by atoms with E-state index in [1.807, 2.05) is 50.2 Å². The number of rotatable bonds is 4. The average molecular weight is 658 g/mol. The molecular formula is C32H36N4Ni2O4. The molecule has 0 aliphatic heterocycles. The van der Waals surface area contributed by atoms with E-state index >= 15 is 0 Å². The van der Waals surface area contributed by atoms with Crippen LogP contribution < -0.4 is 20.2 Å². The van der Waals surface area contributed by atoms with Crippen LogP contribution in [0.3, 0.4) is 0 Å². The van der Waals surface area contributed by atoms with Crippen LogP contribution in [-0.2, 0) is 42.6 Å². The molecule has 0 aromatic carbocycles. The number of hydrogen-bond donors (Lipinski definition) is 0. The molecule has 0 amide bonds. The molecule has 0 unspecified atom stereocenters. The van der Waals surface area contributed by atoms with Crippen LogP contribution in [0, 0.1) is 27.7 Å². The minimum atomic E-state index is -0.187. The maximum Gasteiger partial charge on any atom is 2.00 e.